The van der Waals surface area contributed by atoms with E-state index in [1.54, 1.807) is 0 Å². The number of hydrogen-bond donors (Lipinski definition) is 4. The van der Waals surface area contributed by atoms with Gasteiger partial charge >= 0.3 is 0 Å². The molecular weight excluding hydrogens is 152 g/mol. The van der Waals surface area contributed by atoms with Gasteiger partial charge < -0.3 is 25.2 Å². The van der Waals surface area contributed by atoms with Crippen LogP contribution in [0, 0.1) is 6.61 Å². The topological polar surface area (TPSA) is 90.2 Å². The van der Waals surface area contributed by atoms with Gasteiger partial charge in [-0.25, -0.2) is 0 Å². The highest BCUT2D eigenvalue weighted by Gasteiger charge is 2.37. The minimum Gasteiger partial charge on any atom is -0.394 e. The molecule has 1 heterocycles. The molecule has 0 aromatic carbocycles. The Labute approximate surface area is 63.8 Å². The molecule has 0 unspecified atom stereocenters. The summed E-state index contributed by atoms with van der Waals surface area (Å²) in [6, 6.07) is 0. The fourth-order valence-corrected chi connectivity index (χ4v) is 0.915. The maximum atomic E-state index is 9.09. The molecule has 0 saturated carbocycles. The standard InChI is InChI=1S/C6H11O5/c7-1-4-6(10)5(9)3(8)2-11-4/h2-10H,1H2/t3-,4-,5+,6+/m1/s1. The summed E-state index contributed by atoms with van der Waals surface area (Å²) in [4.78, 5) is 0. The van der Waals surface area contributed by atoms with Crippen molar-refractivity contribution in [2.45, 2.75) is 24.4 Å². The number of aliphatic hydroxyl groups is 4. The maximum absolute atomic E-state index is 9.09. The average Bonchev–Trinajstić information content (AvgIpc) is 2.01. The van der Waals surface area contributed by atoms with E-state index in [4.69, 9.17) is 20.4 Å². The molecule has 1 aliphatic rings. The largest absolute Gasteiger partial charge is 0.394 e. The Kier molecular flexibility index (Phi) is 2.80. The maximum Gasteiger partial charge on any atom is 0.115 e. The summed E-state index contributed by atoms with van der Waals surface area (Å²) in [5.74, 6) is 0. The first-order valence-electron chi connectivity index (χ1n) is 3.30. The number of ether oxygens (including phenoxy) is 1. The molecule has 0 aromatic rings. The van der Waals surface area contributed by atoms with Gasteiger partial charge in [-0.2, -0.15) is 0 Å². The van der Waals surface area contributed by atoms with E-state index < -0.39 is 24.4 Å². The number of aliphatic hydroxyl groups excluding tert-OH is 4. The molecule has 5 nitrogen and oxygen atoms in total. The Bertz CT molecular complexity index is 126. The van der Waals surface area contributed by atoms with Crippen LogP contribution in [0.4, 0.5) is 0 Å². The first-order valence-corrected chi connectivity index (χ1v) is 3.30. The molecule has 4 atom stereocenters. The zero-order valence-electron chi connectivity index (χ0n) is 5.79. The fourth-order valence-electron chi connectivity index (χ4n) is 0.915. The van der Waals surface area contributed by atoms with Gasteiger partial charge in [-0.15, -0.1) is 0 Å². The molecule has 1 radical (unpaired) electrons. The average molecular weight is 163 g/mol. The van der Waals surface area contributed by atoms with Crippen LogP contribution in [0.25, 0.3) is 0 Å². The molecule has 1 aliphatic heterocycles. The highest BCUT2D eigenvalue weighted by atomic mass is 16.5. The van der Waals surface area contributed by atoms with Gasteiger partial charge in [0, 0.05) is 0 Å². The summed E-state index contributed by atoms with van der Waals surface area (Å²) in [7, 11) is 0. The van der Waals surface area contributed by atoms with Crippen LogP contribution in [-0.4, -0.2) is 51.4 Å². The summed E-state index contributed by atoms with van der Waals surface area (Å²) in [6.07, 6.45) is -4.54. The second kappa shape index (κ2) is 3.46. The molecule has 0 aromatic heterocycles. The lowest BCUT2D eigenvalue weighted by Gasteiger charge is -2.33. The predicted molar refractivity (Wildman–Crippen MR) is 34.3 cm³/mol. The van der Waals surface area contributed by atoms with Gasteiger partial charge in [0.2, 0.25) is 0 Å². The van der Waals surface area contributed by atoms with Crippen LogP contribution in [0.3, 0.4) is 0 Å². The normalized spacial score (nSPS) is 45.8. The van der Waals surface area contributed by atoms with Crippen molar-refractivity contribution in [2.75, 3.05) is 6.61 Å². The lowest BCUT2D eigenvalue weighted by Crippen LogP contribution is -2.52. The van der Waals surface area contributed by atoms with E-state index in [1.165, 1.54) is 0 Å². The van der Waals surface area contributed by atoms with E-state index in [-0.39, 0.29) is 6.61 Å². The number of hydrogen-bond acceptors (Lipinski definition) is 5. The molecule has 1 rings (SSSR count). The van der Waals surface area contributed by atoms with Gasteiger partial charge in [-0.05, 0) is 0 Å². The third-order valence-corrected chi connectivity index (χ3v) is 1.65. The van der Waals surface area contributed by atoms with Gasteiger partial charge in [-0.3, -0.25) is 0 Å². The van der Waals surface area contributed by atoms with Crippen molar-refractivity contribution in [1.29, 1.82) is 0 Å². The summed E-state index contributed by atoms with van der Waals surface area (Å²) in [6.45, 7) is 0.611. The Morgan fingerprint density at radius 3 is 2.36 bits per heavy atom. The molecule has 0 spiro atoms. The Balaban J connectivity index is 2.52. The molecule has 4 N–H and O–H groups in total. The van der Waals surface area contributed by atoms with Gasteiger partial charge in [0.1, 0.15) is 31.0 Å². The van der Waals surface area contributed by atoms with Crippen molar-refractivity contribution in [2.24, 2.45) is 0 Å². The van der Waals surface area contributed by atoms with Gasteiger partial charge in [0.15, 0.2) is 0 Å². The summed E-state index contributed by atoms with van der Waals surface area (Å²) in [5.41, 5.74) is 0. The molecule has 1 saturated heterocycles. The van der Waals surface area contributed by atoms with Gasteiger partial charge in [-0.1, -0.05) is 0 Å². The SMILES string of the molecule is OC[C@H]1O[CH][C@@H](O)[C@H](O)[C@H]1O. The second-order valence-corrected chi connectivity index (χ2v) is 2.46. The van der Waals surface area contributed by atoms with Crippen LogP contribution in [0.1, 0.15) is 0 Å². The van der Waals surface area contributed by atoms with Crippen molar-refractivity contribution >= 4 is 0 Å². The van der Waals surface area contributed by atoms with Crippen LogP contribution in [0.5, 0.6) is 0 Å². The molecule has 11 heavy (non-hydrogen) atoms. The van der Waals surface area contributed by atoms with E-state index in [9.17, 15) is 0 Å². The molecule has 1 fully saturated rings. The summed E-state index contributed by atoms with van der Waals surface area (Å²) < 4.78 is 4.69. The highest BCUT2D eigenvalue weighted by molar-refractivity contribution is 4.91. The lowest BCUT2D eigenvalue weighted by atomic mass is 10.0. The molecule has 0 bridgehead atoms. The van der Waals surface area contributed by atoms with Crippen molar-refractivity contribution < 1.29 is 25.2 Å². The van der Waals surface area contributed by atoms with Crippen molar-refractivity contribution in [1.82, 2.24) is 0 Å². The van der Waals surface area contributed by atoms with E-state index in [0.717, 1.165) is 6.61 Å². The molecule has 5 heteroatoms. The van der Waals surface area contributed by atoms with Crippen LogP contribution in [-0.2, 0) is 4.74 Å². The second-order valence-electron chi connectivity index (χ2n) is 2.46. The third-order valence-electron chi connectivity index (χ3n) is 1.65. The quantitative estimate of drug-likeness (QED) is 0.346. The van der Waals surface area contributed by atoms with Crippen molar-refractivity contribution in [3.05, 3.63) is 6.61 Å². The highest BCUT2D eigenvalue weighted by Crippen LogP contribution is 2.17. The minimum atomic E-state index is -1.28. The van der Waals surface area contributed by atoms with E-state index in [1.807, 2.05) is 0 Å². The zero-order chi connectivity index (χ0) is 8.43. The molecule has 65 valence electrons. The summed E-state index contributed by atoms with van der Waals surface area (Å²) in [5, 5.41) is 35.6. The van der Waals surface area contributed by atoms with Crippen molar-refractivity contribution in [3.8, 4) is 0 Å². The van der Waals surface area contributed by atoms with E-state index in [2.05, 4.69) is 4.74 Å². The molecule has 0 amide bonds. The fraction of sp³-hybridized carbons (Fsp3) is 0.833. The van der Waals surface area contributed by atoms with Crippen molar-refractivity contribution in [3.63, 3.8) is 0 Å². The predicted octanol–water partition coefficient (Wildman–Crippen LogP) is -2.38. The van der Waals surface area contributed by atoms with Crippen LogP contribution in [0.15, 0.2) is 0 Å². The number of rotatable bonds is 1. The molecule has 0 aliphatic carbocycles. The Morgan fingerprint density at radius 1 is 1.18 bits per heavy atom. The Hall–Kier alpha value is -0.200. The first-order chi connectivity index (χ1) is 5.16. The monoisotopic (exact) mass is 163 g/mol. The smallest absolute Gasteiger partial charge is 0.115 e. The first kappa shape index (κ1) is 8.89. The Morgan fingerprint density at radius 2 is 1.82 bits per heavy atom. The summed E-state index contributed by atoms with van der Waals surface area (Å²) >= 11 is 0. The van der Waals surface area contributed by atoms with E-state index in [0.29, 0.717) is 0 Å². The van der Waals surface area contributed by atoms with Crippen LogP contribution < -0.4 is 0 Å². The van der Waals surface area contributed by atoms with Gasteiger partial charge in [0.25, 0.3) is 0 Å². The molecular formula is C6H11O5. The van der Waals surface area contributed by atoms with Crippen LogP contribution in [0.2, 0.25) is 0 Å². The van der Waals surface area contributed by atoms with Gasteiger partial charge in [0.05, 0.1) is 6.61 Å². The minimum absolute atomic E-state index is 0.387. The lowest BCUT2D eigenvalue weighted by molar-refractivity contribution is -0.169. The zero-order valence-corrected chi connectivity index (χ0v) is 5.79. The van der Waals surface area contributed by atoms with Crippen LogP contribution >= 0.6 is 0 Å². The third kappa shape index (κ3) is 1.69. The van der Waals surface area contributed by atoms with E-state index >= 15 is 0 Å².